The minimum Gasteiger partial charge on any atom is -0.394 e. The molecule has 4 nitrogen and oxygen atoms in total. The largest absolute Gasteiger partial charge is 0.394 e. The molecule has 0 fully saturated rings. The van der Waals surface area contributed by atoms with Crippen LogP contribution in [0, 0.1) is 11.3 Å². The molecule has 3 rings (SSSR count). The number of nitrogens with zero attached hydrogens (tertiary/aromatic N) is 3. The quantitative estimate of drug-likeness (QED) is 0.896. The Morgan fingerprint density at radius 1 is 1.33 bits per heavy atom. The van der Waals surface area contributed by atoms with E-state index in [2.05, 4.69) is 16.0 Å². The summed E-state index contributed by atoms with van der Waals surface area (Å²) < 4.78 is 0. The zero-order valence-corrected chi connectivity index (χ0v) is 14.6. The SMILES string of the molecule is C[C@@H](CO)N1C(c2ccc(Cl)cc2)=CC=NC1c1ccc(C#N)s1. The van der Waals surface area contributed by atoms with E-state index in [0.717, 1.165) is 16.1 Å². The molecule has 0 saturated carbocycles. The summed E-state index contributed by atoms with van der Waals surface area (Å²) in [7, 11) is 0. The first kappa shape index (κ1) is 16.7. The standard InChI is InChI=1S/C18H16ClN3OS/c1-12(11-23)22-16(13-2-4-14(19)5-3-13)8-9-21-18(22)17-7-6-15(10-20)24-17/h2-9,12,18,23H,11H2,1H3/t12-,18?/m0/s1. The van der Waals surface area contributed by atoms with Gasteiger partial charge in [-0.1, -0.05) is 23.7 Å². The van der Waals surface area contributed by atoms with Crippen molar-refractivity contribution in [3.05, 3.63) is 62.8 Å². The number of nitriles is 1. The van der Waals surface area contributed by atoms with Gasteiger partial charge in [-0.25, -0.2) is 0 Å². The monoisotopic (exact) mass is 357 g/mol. The lowest BCUT2D eigenvalue weighted by atomic mass is 10.1. The van der Waals surface area contributed by atoms with Crippen molar-refractivity contribution in [2.24, 2.45) is 4.99 Å². The number of allylic oxidation sites excluding steroid dienone is 1. The Morgan fingerprint density at radius 3 is 2.71 bits per heavy atom. The van der Waals surface area contributed by atoms with Crippen molar-refractivity contribution >= 4 is 34.8 Å². The number of aliphatic imine (C=N–C) groups is 1. The van der Waals surface area contributed by atoms with E-state index in [0.29, 0.717) is 9.90 Å². The average Bonchev–Trinajstić information content (AvgIpc) is 3.10. The summed E-state index contributed by atoms with van der Waals surface area (Å²) in [5.41, 5.74) is 1.98. The van der Waals surface area contributed by atoms with Crippen LogP contribution >= 0.6 is 22.9 Å². The second kappa shape index (κ2) is 7.18. The van der Waals surface area contributed by atoms with Gasteiger partial charge in [0.2, 0.25) is 0 Å². The molecule has 6 heteroatoms. The van der Waals surface area contributed by atoms with Crippen LogP contribution < -0.4 is 0 Å². The van der Waals surface area contributed by atoms with Crippen molar-refractivity contribution in [1.82, 2.24) is 4.90 Å². The van der Waals surface area contributed by atoms with E-state index in [-0.39, 0.29) is 18.8 Å². The number of aliphatic hydroxyl groups is 1. The van der Waals surface area contributed by atoms with E-state index < -0.39 is 0 Å². The van der Waals surface area contributed by atoms with Crippen molar-refractivity contribution in [2.45, 2.75) is 19.1 Å². The first-order chi connectivity index (χ1) is 11.6. The molecule has 24 heavy (non-hydrogen) atoms. The number of hydrogen-bond donors (Lipinski definition) is 1. The fourth-order valence-electron chi connectivity index (χ4n) is 2.68. The highest BCUT2D eigenvalue weighted by Gasteiger charge is 2.29. The number of rotatable bonds is 4. The van der Waals surface area contributed by atoms with Crippen molar-refractivity contribution in [2.75, 3.05) is 6.61 Å². The molecule has 2 heterocycles. The molecule has 0 spiro atoms. The lowest BCUT2D eigenvalue weighted by Gasteiger charge is -2.38. The lowest BCUT2D eigenvalue weighted by Crippen LogP contribution is -2.38. The molecule has 0 amide bonds. The highest BCUT2D eigenvalue weighted by molar-refractivity contribution is 7.12. The molecule has 1 aromatic heterocycles. The highest BCUT2D eigenvalue weighted by Crippen LogP contribution is 2.38. The maximum absolute atomic E-state index is 9.72. The Balaban J connectivity index is 2.02. The summed E-state index contributed by atoms with van der Waals surface area (Å²) in [6, 6.07) is 13.4. The summed E-state index contributed by atoms with van der Waals surface area (Å²) in [5, 5.41) is 19.5. The van der Waals surface area contributed by atoms with Gasteiger partial charge in [-0.3, -0.25) is 4.99 Å². The Morgan fingerprint density at radius 2 is 2.08 bits per heavy atom. The van der Waals surface area contributed by atoms with E-state index in [1.54, 1.807) is 12.3 Å². The first-order valence-electron chi connectivity index (χ1n) is 7.52. The van der Waals surface area contributed by atoms with Crippen LogP contribution in [0.4, 0.5) is 0 Å². The molecule has 0 saturated heterocycles. The second-order valence-electron chi connectivity index (χ2n) is 5.48. The summed E-state index contributed by atoms with van der Waals surface area (Å²) in [5.74, 6) is 0. The van der Waals surface area contributed by atoms with E-state index in [9.17, 15) is 5.11 Å². The van der Waals surface area contributed by atoms with Gasteiger partial charge in [0.25, 0.3) is 0 Å². The molecule has 1 aliphatic heterocycles. The topological polar surface area (TPSA) is 59.6 Å². The van der Waals surface area contributed by atoms with Gasteiger partial charge in [0.15, 0.2) is 6.17 Å². The van der Waals surface area contributed by atoms with Gasteiger partial charge in [-0.05, 0) is 42.8 Å². The van der Waals surface area contributed by atoms with Crippen LogP contribution in [0.3, 0.4) is 0 Å². The molecule has 2 aromatic rings. The average molecular weight is 358 g/mol. The van der Waals surface area contributed by atoms with Gasteiger partial charge >= 0.3 is 0 Å². The fraction of sp³-hybridized carbons (Fsp3) is 0.222. The van der Waals surface area contributed by atoms with Crippen LogP contribution in [0.5, 0.6) is 0 Å². The van der Waals surface area contributed by atoms with Crippen LogP contribution in [-0.4, -0.2) is 28.9 Å². The summed E-state index contributed by atoms with van der Waals surface area (Å²) >= 11 is 7.42. The molecular formula is C18H16ClN3OS. The smallest absolute Gasteiger partial charge is 0.156 e. The Bertz CT molecular complexity index is 820. The highest BCUT2D eigenvalue weighted by atomic mass is 35.5. The minimum absolute atomic E-state index is 0.00737. The first-order valence-corrected chi connectivity index (χ1v) is 8.72. The third kappa shape index (κ3) is 3.22. The van der Waals surface area contributed by atoms with Crippen LogP contribution in [0.2, 0.25) is 5.02 Å². The third-order valence-corrected chi connectivity index (χ3v) is 5.15. The molecule has 0 aliphatic carbocycles. The molecule has 0 radical (unpaired) electrons. The number of halogens is 1. The predicted molar refractivity (Wildman–Crippen MR) is 98.1 cm³/mol. The Hall–Kier alpha value is -2.13. The predicted octanol–water partition coefficient (Wildman–Crippen LogP) is 4.08. The van der Waals surface area contributed by atoms with E-state index in [1.807, 2.05) is 43.3 Å². The zero-order chi connectivity index (χ0) is 17.1. The van der Waals surface area contributed by atoms with Crippen molar-refractivity contribution in [3.63, 3.8) is 0 Å². The number of benzene rings is 1. The summed E-state index contributed by atoms with van der Waals surface area (Å²) in [4.78, 5) is 8.29. The molecule has 2 atom stereocenters. The van der Waals surface area contributed by atoms with Gasteiger partial charge in [0.05, 0.1) is 17.5 Å². The zero-order valence-electron chi connectivity index (χ0n) is 13.1. The lowest BCUT2D eigenvalue weighted by molar-refractivity contribution is 0.153. The second-order valence-corrected chi connectivity index (χ2v) is 7.04. The van der Waals surface area contributed by atoms with Crippen molar-refractivity contribution in [3.8, 4) is 6.07 Å². The third-order valence-electron chi connectivity index (χ3n) is 3.87. The van der Waals surface area contributed by atoms with Crippen LogP contribution in [0.25, 0.3) is 5.70 Å². The molecule has 1 aromatic carbocycles. The van der Waals surface area contributed by atoms with Gasteiger partial charge in [-0.2, -0.15) is 5.26 Å². The van der Waals surface area contributed by atoms with Crippen LogP contribution in [0.15, 0.2) is 47.5 Å². The van der Waals surface area contributed by atoms with E-state index >= 15 is 0 Å². The maximum atomic E-state index is 9.72. The molecule has 122 valence electrons. The normalized spacial score (nSPS) is 18.2. The fourth-order valence-corrected chi connectivity index (χ4v) is 3.66. The van der Waals surface area contributed by atoms with Gasteiger partial charge in [-0.15, -0.1) is 11.3 Å². The molecule has 1 N–H and O–H groups in total. The maximum Gasteiger partial charge on any atom is 0.156 e. The van der Waals surface area contributed by atoms with E-state index in [4.69, 9.17) is 16.9 Å². The molecule has 1 unspecified atom stereocenters. The Kier molecular flexibility index (Phi) is 5.00. The van der Waals surface area contributed by atoms with Crippen molar-refractivity contribution < 1.29 is 5.11 Å². The van der Waals surface area contributed by atoms with Crippen LogP contribution in [-0.2, 0) is 0 Å². The van der Waals surface area contributed by atoms with E-state index in [1.165, 1.54) is 11.3 Å². The number of thiophene rings is 1. The molecule has 0 bridgehead atoms. The molecular weight excluding hydrogens is 342 g/mol. The minimum atomic E-state index is -0.255. The van der Waals surface area contributed by atoms with Gasteiger partial charge < -0.3 is 10.0 Å². The van der Waals surface area contributed by atoms with Crippen molar-refractivity contribution in [1.29, 1.82) is 5.26 Å². The Labute approximate surface area is 149 Å². The summed E-state index contributed by atoms with van der Waals surface area (Å²) in [6.45, 7) is 1.96. The van der Waals surface area contributed by atoms with Gasteiger partial charge in [0.1, 0.15) is 10.9 Å². The van der Waals surface area contributed by atoms with Crippen LogP contribution in [0.1, 0.15) is 28.4 Å². The van der Waals surface area contributed by atoms with Gasteiger partial charge in [0, 0.05) is 16.9 Å². The molecule has 1 aliphatic rings. The number of hydrogen-bond acceptors (Lipinski definition) is 5. The number of aliphatic hydroxyl groups excluding tert-OH is 1. The summed E-state index contributed by atoms with van der Waals surface area (Å²) in [6.07, 6.45) is 3.46.